The summed E-state index contributed by atoms with van der Waals surface area (Å²) >= 11 is 0. The number of hydrogen-bond donors (Lipinski definition) is 2. The molecule has 1 amide bonds. The zero-order valence-electron chi connectivity index (χ0n) is 14.4. The summed E-state index contributed by atoms with van der Waals surface area (Å²) in [6.45, 7) is 0. The van der Waals surface area contributed by atoms with Crippen molar-refractivity contribution in [2.24, 2.45) is 0 Å². The molecule has 0 aliphatic heterocycles. The minimum Gasteiger partial charge on any atom is -0.309 e. The smallest absolute Gasteiger partial charge is 0.225 e. The maximum absolute atomic E-state index is 12.0. The van der Waals surface area contributed by atoms with E-state index in [1.165, 1.54) is 0 Å². The molecule has 4 nitrogen and oxygen atoms in total. The maximum Gasteiger partial charge on any atom is 0.225 e. The summed E-state index contributed by atoms with van der Waals surface area (Å²) in [6.07, 6.45) is 1.18. The summed E-state index contributed by atoms with van der Waals surface area (Å²) in [6, 6.07) is 29.7. The average molecular weight is 343 g/mol. The topological polar surface area (TPSA) is 57.8 Å². The SMILES string of the molecule is O=C(CCc1ccccc1)Nc1n[nH]c2ccccc12.c1ccccc1. The molecule has 4 heteroatoms. The highest BCUT2D eigenvalue weighted by atomic mass is 16.1. The van der Waals surface area contributed by atoms with Crippen LogP contribution in [0.15, 0.2) is 91.0 Å². The van der Waals surface area contributed by atoms with Gasteiger partial charge < -0.3 is 5.32 Å². The largest absolute Gasteiger partial charge is 0.309 e. The van der Waals surface area contributed by atoms with Crippen molar-refractivity contribution in [1.82, 2.24) is 10.2 Å². The number of nitrogens with zero attached hydrogens (tertiary/aromatic N) is 1. The zero-order valence-corrected chi connectivity index (χ0v) is 14.4. The average Bonchev–Trinajstić information content (AvgIpc) is 3.12. The van der Waals surface area contributed by atoms with E-state index in [4.69, 9.17) is 0 Å². The van der Waals surface area contributed by atoms with E-state index in [1.54, 1.807) is 0 Å². The first-order valence-electron chi connectivity index (χ1n) is 8.60. The lowest BCUT2D eigenvalue weighted by Gasteiger charge is -2.03. The number of amides is 1. The van der Waals surface area contributed by atoms with E-state index >= 15 is 0 Å². The molecule has 0 atom stereocenters. The number of H-pyrrole nitrogens is 1. The molecule has 3 aromatic carbocycles. The third kappa shape index (κ3) is 5.05. The number of aryl methyl sites for hydroxylation is 1. The standard InChI is InChI=1S/C16H15N3O.C6H6/c20-15(11-10-12-6-2-1-3-7-12)17-16-13-8-4-5-9-14(13)18-19-16;1-2-4-6-5-3-1/h1-9H,10-11H2,(H2,17,18,19,20);1-6H. The molecule has 0 aliphatic carbocycles. The van der Waals surface area contributed by atoms with Gasteiger partial charge in [-0.05, 0) is 24.1 Å². The molecule has 0 saturated heterocycles. The minimum atomic E-state index is -0.0221. The molecule has 0 unspecified atom stereocenters. The lowest BCUT2D eigenvalue weighted by atomic mass is 10.1. The fourth-order valence-corrected chi connectivity index (χ4v) is 2.54. The van der Waals surface area contributed by atoms with Crippen LogP contribution in [0, 0.1) is 0 Å². The molecule has 2 N–H and O–H groups in total. The number of rotatable bonds is 4. The number of para-hydroxylation sites is 1. The van der Waals surface area contributed by atoms with Gasteiger partial charge in [0.25, 0.3) is 0 Å². The second-order valence-electron chi connectivity index (χ2n) is 5.81. The van der Waals surface area contributed by atoms with Crippen LogP contribution in [0.3, 0.4) is 0 Å². The number of fused-ring (bicyclic) bond motifs is 1. The summed E-state index contributed by atoms with van der Waals surface area (Å²) in [5, 5.41) is 10.8. The lowest BCUT2D eigenvalue weighted by Crippen LogP contribution is -2.12. The van der Waals surface area contributed by atoms with Crippen LogP contribution in [-0.2, 0) is 11.2 Å². The van der Waals surface area contributed by atoms with E-state index in [-0.39, 0.29) is 5.91 Å². The van der Waals surface area contributed by atoms with Crippen LogP contribution in [0.25, 0.3) is 10.9 Å². The van der Waals surface area contributed by atoms with E-state index < -0.39 is 0 Å². The van der Waals surface area contributed by atoms with Crippen LogP contribution in [0.1, 0.15) is 12.0 Å². The van der Waals surface area contributed by atoms with Crippen molar-refractivity contribution < 1.29 is 4.79 Å². The second-order valence-corrected chi connectivity index (χ2v) is 5.81. The van der Waals surface area contributed by atoms with Crippen LogP contribution >= 0.6 is 0 Å². The van der Waals surface area contributed by atoms with Crippen molar-refractivity contribution in [3.63, 3.8) is 0 Å². The Kier molecular flexibility index (Phi) is 6.15. The lowest BCUT2D eigenvalue weighted by molar-refractivity contribution is -0.116. The second kappa shape index (κ2) is 9.18. The molecule has 0 fully saturated rings. The fraction of sp³-hybridized carbons (Fsp3) is 0.0909. The summed E-state index contributed by atoms with van der Waals surface area (Å²) in [4.78, 5) is 12.0. The van der Waals surface area contributed by atoms with Crippen molar-refractivity contribution in [3.05, 3.63) is 96.6 Å². The molecule has 4 rings (SSSR count). The Morgan fingerprint density at radius 1 is 0.808 bits per heavy atom. The molecule has 26 heavy (non-hydrogen) atoms. The molecule has 0 spiro atoms. The van der Waals surface area contributed by atoms with Crippen molar-refractivity contribution >= 4 is 22.6 Å². The Morgan fingerprint density at radius 2 is 1.38 bits per heavy atom. The number of carbonyl (C=O) groups is 1. The third-order valence-electron chi connectivity index (χ3n) is 3.88. The first-order chi connectivity index (χ1) is 12.8. The van der Waals surface area contributed by atoms with Crippen molar-refractivity contribution in [1.29, 1.82) is 0 Å². The summed E-state index contributed by atoms with van der Waals surface area (Å²) in [5.41, 5.74) is 2.08. The Labute approximate surface area is 152 Å². The number of carbonyl (C=O) groups excluding carboxylic acids is 1. The van der Waals surface area contributed by atoms with Crippen LogP contribution < -0.4 is 5.32 Å². The van der Waals surface area contributed by atoms with Gasteiger partial charge >= 0.3 is 0 Å². The maximum atomic E-state index is 12.0. The normalized spacial score (nSPS) is 10.0. The summed E-state index contributed by atoms with van der Waals surface area (Å²) in [7, 11) is 0. The van der Waals surface area contributed by atoms with Gasteiger partial charge in [0.1, 0.15) is 0 Å². The number of hydrogen-bond acceptors (Lipinski definition) is 2. The number of anilines is 1. The van der Waals surface area contributed by atoms with Gasteiger partial charge in [-0.2, -0.15) is 5.10 Å². The predicted molar refractivity (Wildman–Crippen MR) is 106 cm³/mol. The van der Waals surface area contributed by atoms with Gasteiger partial charge in [-0.3, -0.25) is 9.89 Å². The number of benzene rings is 3. The molecule has 0 saturated carbocycles. The van der Waals surface area contributed by atoms with Crippen molar-refractivity contribution in [3.8, 4) is 0 Å². The minimum absolute atomic E-state index is 0.0221. The van der Waals surface area contributed by atoms with Gasteiger partial charge in [0.05, 0.1) is 5.52 Å². The number of aromatic amines is 1. The molecule has 0 bridgehead atoms. The predicted octanol–water partition coefficient (Wildman–Crippen LogP) is 4.82. The molecule has 130 valence electrons. The van der Waals surface area contributed by atoms with E-state index in [0.29, 0.717) is 12.2 Å². The highest BCUT2D eigenvalue weighted by Crippen LogP contribution is 2.19. The van der Waals surface area contributed by atoms with Gasteiger partial charge in [-0.1, -0.05) is 78.9 Å². The first kappa shape index (κ1) is 17.4. The molecule has 0 aliphatic rings. The molecule has 1 heterocycles. The van der Waals surface area contributed by atoms with E-state index in [0.717, 1.165) is 22.9 Å². The molecule has 4 aromatic rings. The highest BCUT2D eigenvalue weighted by Gasteiger charge is 2.08. The van der Waals surface area contributed by atoms with Gasteiger partial charge in [0.2, 0.25) is 5.91 Å². The van der Waals surface area contributed by atoms with Crippen molar-refractivity contribution in [2.75, 3.05) is 5.32 Å². The highest BCUT2D eigenvalue weighted by molar-refractivity contribution is 5.99. The Morgan fingerprint density at radius 3 is 2.08 bits per heavy atom. The summed E-state index contributed by atoms with van der Waals surface area (Å²) in [5.74, 6) is 0.574. The Balaban J connectivity index is 0.000000278. The summed E-state index contributed by atoms with van der Waals surface area (Å²) < 4.78 is 0. The number of nitrogens with one attached hydrogen (secondary N) is 2. The van der Waals surface area contributed by atoms with Gasteiger partial charge in [-0.25, -0.2) is 0 Å². The Hall–Kier alpha value is -3.40. The van der Waals surface area contributed by atoms with Crippen LogP contribution in [-0.4, -0.2) is 16.1 Å². The number of aromatic nitrogens is 2. The van der Waals surface area contributed by atoms with Crippen LogP contribution in [0.2, 0.25) is 0 Å². The molecule has 1 aromatic heterocycles. The van der Waals surface area contributed by atoms with Gasteiger partial charge in [0, 0.05) is 11.8 Å². The van der Waals surface area contributed by atoms with Gasteiger partial charge in [-0.15, -0.1) is 0 Å². The molecular weight excluding hydrogens is 322 g/mol. The molecular formula is C22H21N3O. The Bertz CT molecular complexity index is 906. The van der Waals surface area contributed by atoms with E-state index in [2.05, 4.69) is 15.5 Å². The van der Waals surface area contributed by atoms with Crippen LogP contribution in [0.4, 0.5) is 5.82 Å². The third-order valence-corrected chi connectivity index (χ3v) is 3.88. The van der Waals surface area contributed by atoms with Gasteiger partial charge in [0.15, 0.2) is 5.82 Å². The van der Waals surface area contributed by atoms with Crippen LogP contribution in [0.5, 0.6) is 0 Å². The zero-order chi connectivity index (χ0) is 18.0. The fourth-order valence-electron chi connectivity index (χ4n) is 2.54. The monoisotopic (exact) mass is 343 g/mol. The van der Waals surface area contributed by atoms with E-state index in [9.17, 15) is 4.79 Å². The quantitative estimate of drug-likeness (QED) is 0.558. The van der Waals surface area contributed by atoms with E-state index in [1.807, 2.05) is 91.0 Å². The first-order valence-corrected chi connectivity index (χ1v) is 8.60. The molecule has 0 radical (unpaired) electrons. The van der Waals surface area contributed by atoms with Crippen molar-refractivity contribution in [2.45, 2.75) is 12.8 Å².